The molecule has 0 radical (unpaired) electrons. The highest BCUT2D eigenvalue weighted by atomic mass is 35.5. The van der Waals surface area contributed by atoms with Crippen molar-refractivity contribution in [2.45, 2.75) is 19.4 Å². The van der Waals surface area contributed by atoms with Gasteiger partial charge in [-0.2, -0.15) is 0 Å². The molecule has 0 aromatic heterocycles. The number of benzene rings is 2. The van der Waals surface area contributed by atoms with Gasteiger partial charge in [0.25, 0.3) is 0 Å². The molecule has 1 amide bonds. The summed E-state index contributed by atoms with van der Waals surface area (Å²) in [5.74, 6) is -0.0378. The second-order valence-electron chi connectivity index (χ2n) is 5.80. The Bertz CT molecular complexity index is 935. The molecular formula is C18H20Cl2N2O4S. The molecule has 2 aromatic carbocycles. The smallest absolute Gasteiger partial charge is 0.248 e. The lowest BCUT2D eigenvalue weighted by atomic mass is 10.1. The van der Waals surface area contributed by atoms with Gasteiger partial charge < -0.3 is 10.1 Å². The second-order valence-corrected chi connectivity index (χ2v) is 8.50. The summed E-state index contributed by atoms with van der Waals surface area (Å²) >= 11 is 12.0. The first-order valence-corrected chi connectivity index (χ1v) is 10.7. The fourth-order valence-electron chi connectivity index (χ4n) is 2.62. The summed E-state index contributed by atoms with van der Waals surface area (Å²) in [6, 6.07) is 10.2. The first-order chi connectivity index (χ1) is 12.7. The van der Waals surface area contributed by atoms with Crippen molar-refractivity contribution >= 4 is 50.5 Å². The van der Waals surface area contributed by atoms with Gasteiger partial charge in [-0.15, -0.1) is 0 Å². The van der Waals surface area contributed by atoms with Crippen LogP contribution >= 0.6 is 23.2 Å². The number of anilines is 2. The average Bonchev–Trinajstić information content (AvgIpc) is 2.61. The number of hydrogen-bond acceptors (Lipinski definition) is 4. The third-order valence-corrected chi connectivity index (χ3v) is 5.57. The summed E-state index contributed by atoms with van der Waals surface area (Å²) in [7, 11) is -2.27. The van der Waals surface area contributed by atoms with Gasteiger partial charge in [-0.1, -0.05) is 36.2 Å². The highest BCUT2D eigenvalue weighted by Gasteiger charge is 2.32. The van der Waals surface area contributed by atoms with E-state index in [9.17, 15) is 13.2 Å². The van der Waals surface area contributed by atoms with Crippen molar-refractivity contribution in [2.75, 3.05) is 23.0 Å². The van der Waals surface area contributed by atoms with Crippen molar-refractivity contribution in [3.8, 4) is 5.75 Å². The molecule has 6 nitrogen and oxygen atoms in total. The third kappa shape index (κ3) is 5.28. The van der Waals surface area contributed by atoms with Crippen LogP contribution in [-0.4, -0.2) is 33.7 Å². The van der Waals surface area contributed by atoms with E-state index in [0.717, 1.165) is 10.6 Å². The Morgan fingerprint density at radius 2 is 1.93 bits per heavy atom. The molecule has 0 aliphatic rings. The highest BCUT2D eigenvalue weighted by Crippen LogP contribution is 2.29. The van der Waals surface area contributed by atoms with E-state index in [4.69, 9.17) is 27.9 Å². The summed E-state index contributed by atoms with van der Waals surface area (Å²) in [6.45, 7) is 1.72. The van der Waals surface area contributed by atoms with E-state index in [1.807, 2.05) is 0 Å². The molecule has 1 atom stereocenters. The molecule has 0 heterocycles. The van der Waals surface area contributed by atoms with Gasteiger partial charge in [-0.05, 0) is 36.8 Å². The maximum absolute atomic E-state index is 12.9. The van der Waals surface area contributed by atoms with E-state index in [1.165, 1.54) is 13.2 Å². The van der Waals surface area contributed by atoms with Gasteiger partial charge in [-0.3, -0.25) is 9.10 Å². The molecule has 0 bridgehead atoms. The molecule has 0 aliphatic carbocycles. The SMILES string of the molecule is CCC(C(=O)Nc1cc(Cl)ccc1Cl)N(c1cccc(OC)c1)S(C)(=O)=O. The zero-order valence-electron chi connectivity index (χ0n) is 15.1. The van der Waals surface area contributed by atoms with Crippen LogP contribution in [0.25, 0.3) is 0 Å². The number of carbonyl (C=O) groups is 1. The maximum Gasteiger partial charge on any atom is 0.248 e. The molecule has 0 saturated heterocycles. The maximum atomic E-state index is 12.9. The van der Waals surface area contributed by atoms with Crippen LogP contribution in [0, 0.1) is 0 Å². The number of halogens is 2. The molecule has 0 aliphatic heterocycles. The molecule has 1 unspecified atom stereocenters. The minimum Gasteiger partial charge on any atom is -0.497 e. The quantitative estimate of drug-likeness (QED) is 0.714. The predicted molar refractivity (Wildman–Crippen MR) is 109 cm³/mol. The zero-order valence-corrected chi connectivity index (χ0v) is 17.4. The summed E-state index contributed by atoms with van der Waals surface area (Å²) < 4.78 is 31.2. The lowest BCUT2D eigenvalue weighted by Gasteiger charge is -2.30. The molecular weight excluding hydrogens is 411 g/mol. The first kappa shape index (κ1) is 21.3. The summed E-state index contributed by atoms with van der Waals surface area (Å²) in [5.41, 5.74) is 0.641. The lowest BCUT2D eigenvalue weighted by Crippen LogP contribution is -2.47. The lowest BCUT2D eigenvalue weighted by molar-refractivity contribution is -0.117. The Morgan fingerprint density at radius 3 is 2.52 bits per heavy atom. The van der Waals surface area contributed by atoms with Crippen LogP contribution in [0.15, 0.2) is 42.5 Å². The Hall–Kier alpha value is -1.96. The summed E-state index contributed by atoms with van der Waals surface area (Å²) in [5, 5.41) is 3.36. The van der Waals surface area contributed by atoms with Crippen molar-refractivity contribution < 1.29 is 17.9 Å². The van der Waals surface area contributed by atoms with E-state index >= 15 is 0 Å². The topological polar surface area (TPSA) is 75.7 Å². The van der Waals surface area contributed by atoms with Gasteiger partial charge in [0.05, 0.1) is 29.8 Å². The number of amides is 1. The Labute approximate surface area is 169 Å². The molecule has 2 rings (SSSR count). The van der Waals surface area contributed by atoms with Crippen LogP contribution in [0.5, 0.6) is 5.75 Å². The number of carbonyl (C=O) groups excluding carboxylic acids is 1. The largest absolute Gasteiger partial charge is 0.497 e. The van der Waals surface area contributed by atoms with Crippen molar-refractivity contribution in [3.63, 3.8) is 0 Å². The van der Waals surface area contributed by atoms with Crippen LogP contribution in [0.2, 0.25) is 10.0 Å². The summed E-state index contributed by atoms with van der Waals surface area (Å²) in [6.07, 6.45) is 1.29. The van der Waals surface area contributed by atoms with Crippen LogP contribution < -0.4 is 14.4 Å². The number of ether oxygens (including phenoxy) is 1. The van der Waals surface area contributed by atoms with Crippen molar-refractivity contribution in [1.29, 1.82) is 0 Å². The monoisotopic (exact) mass is 430 g/mol. The number of nitrogens with zero attached hydrogens (tertiary/aromatic N) is 1. The summed E-state index contributed by atoms with van der Waals surface area (Å²) in [4.78, 5) is 12.9. The van der Waals surface area contributed by atoms with E-state index in [1.54, 1.807) is 43.3 Å². The fraction of sp³-hybridized carbons (Fsp3) is 0.278. The number of hydrogen-bond donors (Lipinski definition) is 1. The van der Waals surface area contributed by atoms with Gasteiger partial charge in [0.1, 0.15) is 11.8 Å². The minimum absolute atomic E-state index is 0.244. The molecule has 0 spiro atoms. The molecule has 27 heavy (non-hydrogen) atoms. The fourth-order valence-corrected chi connectivity index (χ4v) is 4.16. The molecule has 9 heteroatoms. The van der Waals surface area contributed by atoms with Gasteiger partial charge in [0.15, 0.2) is 0 Å². The molecule has 2 aromatic rings. The predicted octanol–water partition coefficient (Wildman–Crippen LogP) is 4.19. The van der Waals surface area contributed by atoms with Crippen LogP contribution in [0.1, 0.15) is 13.3 Å². The van der Waals surface area contributed by atoms with E-state index in [-0.39, 0.29) is 6.42 Å². The van der Waals surface area contributed by atoms with E-state index < -0.39 is 22.0 Å². The minimum atomic E-state index is -3.75. The van der Waals surface area contributed by atoms with Crippen molar-refractivity contribution in [1.82, 2.24) is 0 Å². The van der Waals surface area contributed by atoms with Crippen LogP contribution in [0.4, 0.5) is 11.4 Å². The van der Waals surface area contributed by atoms with Crippen LogP contribution in [0.3, 0.4) is 0 Å². The number of nitrogens with one attached hydrogen (secondary N) is 1. The van der Waals surface area contributed by atoms with Crippen molar-refractivity contribution in [2.24, 2.45) is 0 Å². The van der Waals surface area contributed by atoms with Gasteiger partial charge >= 0.3 is 0 Å². The Morgan fingerprint density at radius 1 is 1.22 bits per heavy atom. The molecule has 0 fully saturated rings. The van der Waals surface area contributed by atoms with E-state index in [2.05, 4.69) is 5.32 Å². The normalized spacial score (nSPS) is 12.3. The zero-order chi connectivity index (χ0) is 20.2. The van der Waals surface area contributed by atoms with Gasteiger partial charge in [-0.25, -0.2) is 8.42 Å². The van der Waals surface area contributed by atoms with Gasteiger partial charge in [0.2, 0.25) is 15.9 Å². The Balaban J connectivity index is 2.42. The average molecular weight is 431 g/mol. The Kier molecular flexibility index (Phi) is 6.97. The second kappa shape index (κ2) is 8.82. The third-order valence-electron chi connectivity index (χ3n) is 3.82. The molecule has 146 valence electrons. The van der Waals surface area contributed by atoms with Crippen LogP contribution in [-0.2, 0) is 14.8 Å². The number of methoxy groups -OCH3 is 1. The highest BCUT2D eigenvalue weighted by molar-refractivity contribution is 7.92. The number of sulfonamides is 1. The van der Waals surface area contributed by atoms with E-state index in [0.29, 0.717) is 27.2 Å². The number of rotatable bonds is 7. The molecule has 1 N–H and O–H groups in total. The van der Waals surface area contributed by atoms with Crippen molar-refractivity contribution in [3.05, 3.63) is 52.5 Å². The standard InChI is InChI=1S/C18H20Cl2N2O4S/c1-4-17(18(23)21-16-10-12(19)8-9-15(16)20)22(27(3,24)25)13-6-5-7-14(11-13)26-2/h5-11,17H,4H2,1-3H3,(H,21,23). The van der Waals surface area contributed by atoms with Gasteiger partial charge in [0, 0.05) is 11.1 Å². The first-order valence-electron chi connectivity index (χ1n) is 8.06. The molecule has 0 saturated carbocycles.